The van der Waals surface area contributed by atoms with E-state index in [0.29, 0.717) is 19.4 Å². The van der Waals surface area contributed by atoms with Crippen LogP contribution in [0.2, 0.25) is 0 Å². The zero-order valence-corrected chi connectivity index (χ0v) is 13.7. The molecule has 3 nitrogen and oxygen atoms in total. The van der Waals surface area contributed by atoms with Gasteiger partial charge in [-0.25, -0.2) is 4.98 Å². The summed E-state index contributed by atoms with van der Waals surface area (Å²) in [5.41, 5.74) is 2.18. The highest BCUT2D eigenvalue weighted by Gasteiger charge is 2.08. The zero-order valence-electron chi connectivity index (χ0n) is 11.3. The van der Waals surface area contributed by atoms with Gasteiger partial charge in [0.05, 0.1) is 23.7 Å². The lowest BCUT2D eigenvalue weighted by molar-refractivity contribution is -0.143. The van der Waals surface area contributed by atoms with Crippen LogP contribution in [0.3, 0.4) is 0 Å². The van der Waals surface area contributed by atoms with E-state index >= 15 is 0 Å². The van der Waals surface area contributed by atoms with Gasteiger partial charge in [0.15, 0.2) is 0 Å². The van der Waals surface area contributed by atoms with Crippen molar-refractivity contribution < 1.29 is 9.53 Å². The monoisotopic (exact) mass is 353 g/mol. The molecular weight excluding hydrogens is 338 g/mol. The summed E-state index contributed by atoms with van der Waals surface area (Å²) < 4.78 is 6.01. The molecule has 1 aromatic heterocycles. The average molecular weight is 354 g/mol. The quantitative estimate of drug-likeness (QED) is 0.737. The Labute approximate surface area is 131 Å². The fourth-order valence-corrected chi connectivity index (χ4v) is 3.09. The Kier molecular flexibility index (Phi) is 5.73. The zero-order chi connectivity index (χ0) is 14.4. The van der Waals surface area contributed by atoms with Gasteiger partial charge < -0.3 is 4.74 Å². The molecule has 1 heterocycles. The summed E-state index contributed by atoms with van der Waals surface area (Å²) >= 11 is 5.18. The molecule has 5 heteroatoms. The van der Waals surface area contributed by atoms with Gasteiger partial charge in [0.1, 0.15) is 0 Å². The fraction of sp³-hybridized carbons (Fsp3) is 0.333. The van der Waals surface area contributed by atoms with Crippen molar-refractivity contribution in [1.29, 1.82) is 0 Å². The molecule has 1 aromatic carbocycles. The van der Waals surface area contributed by atoms with Crippen molar-refractivity contribution in [2.45, 2.75) is 26.2 Å². The molecule has 0 aliphatic carbocycles. The van der Waals surface area contributed by atoms with Crippen molar-refractivity contribution in [2.75, 3.05) is 6.61 Å². The van der Waals surface area contributed by atoms with Crippen LogP contribution >= 0.6 is 27.3 Å². The Morgan fingerprint density at radius 2 is 2.20 bits per heavy atom. The van der Waals surface area contributed by atoms with E-state index in [4.69, 9.17) is 4.74 Å². The molecule has 0 N–H and O–H groups in total. The number of rotatable bonds is 6. The summed E-state index contributed by atoms with van der Waals surface area (Å²) in [5.74, 6) is -0.159. The fourth-order valence-electron chi connectivity index (χ4n) is 1.81. The predicted molar refractivity (Wildman–Crippen MR) is 84.0 cm³/mol. The highest BCUT2D eigenvalue weighted by atomic mass is 79.9. The maximum absolute atomic E-state index is 11.3. The van der Waals surface area contributed by atoms with Crippen LogP contribution in [0.5, 0.6) is 0 Å². The Morgan fingerprint density at radius 3 is 2.95 bits per heavy atom. The van der Waals surface area contributed by atoms with E-state index in [0.717, 1.165) is 21.6 Å². The first-order valence-corrected chi connectivity index (χ1v) is 8.18. The second-order valence-electron chi connectivity index (χ2n) is 4.31. The van der Waals surface area contributed by atoms with E-state index in [2.05, 4.69) is 27.0 Å². The van der Waals surface area contributed by atoms with Crippen LogP contribution in [-0.2, 0) is 22.4 Å². The number of benzene rings is 1. The van der Waals surface area contributed by atoms with E-state index in [1.54, 1.807) is 11.3 Å². The van der Waals surface area contributed by atoms with E-state index in [1.807, 2.05) is 30.5 Å². The molecule has 0 bridgehead atoms. The van der Waals surface area contributed by atoms with Crippen LogP contribution in [0.15, 0.2) is 34.1 Å². The Bertz CT molecular complexity index is 583. The molecule has 0 atom stereocenters. The number of nitrogens with zero attached hydrogens (tertiary/aromatic N) is 1. The third kappa shape index (κ3) is 4.42. The van der Waals surface area contributed by atoms with Crippen molar-refractivity contribution in [1.82, 2.24) is 4.98 Å². The average Bonchev–Trinajstić information content (AvgIpc) is 2.87. The van der Waals surface area contributed by atoms with Crippen molar-refractivity contribution in [3.8, 4) is 0 Å². The predicted octanol–water partition coefficient (Wildman–Crippen LogP) is 3.99. The standard InChI is InChI=1S/C15H16BrNO2S/c1-2-19-15(18)8-7-12-10-20-14(17-12)9-11-5-3-4-6-13(11)16/h3-6,10H,2,7-9H2,1H3. The molecule has 0 spiro atoms. The molecule has 0 aliphatic rings. The number of hydrogen-bond donors (Lipinski definition) is 0. The smallest absolute Gasteiger partial charge is 0.306 e. The summed E-state index contributed by atoms with van der Waals surface area (Å²) in [5, 5.41) is 3.08. The minimum absolute atomic E-state index is 0.159. The number of hydrogen-bond acceptors (Lipinski definition) is 4. The highest BCUT2D eigenvalue weighted by molar-refractivity contribution is 9.10. The normalized spacial score (nSPS) is 10.5. The van der Waals surface area contributed by atoms with E-state index in [1.165, 1.54) is 5.56 Å². The summed E-state index contributed by atoms with van der Waals surface area (Å²) in [6.07, 6.45) is 1.85. The lowest BCUT2D eigenvalue weighted by Gasteiger charge is -2.01. The molecule has 106 valence electrons. The molecule has 0 fully saturated rings. The molecule has 0 radical (unpaired) electrons. The number of halogens is 1. The number of thiazole rings is 1. The van der Waals surface area contributed by atoms with Crippen LogP contribution in [0, 0.1) is 0 Å². The largest absolute Gasteiger partial charge is 0.466 e. The van der Waals surface area contributed by atoms with Gasteiger partial charge in [0.2, 0.25) is 0 Å². The second kappa shape index (κ2) is 7.55. The van der Waals surface area contributed by atoms with Crippen LogP contribution in [0.25, 0.3) is 0 Å². The maximum atomic E-state index is 11.3. The van der Waals surface area contributed by atoms with Gasteiger partial charge in [-0.2, -0.15) is 0 Å². The minimum Gasteiger partial charge on any atom is -0.466 e. The number of aryl methyl sites for hydroxylation is 1. The summed E-state index contributed by atoms with van der Waals surface area (Å²) in [4.78, 5) is 15.9. The maximum Gasteiger partial charge on any atom is 0.306 e. The van der Waals surface area contributed by atoms with Gasteiger partial charge in [0.25, 0.3) is 0 Å². The summed E-state index contributed by atoms with van der Waals surface area (Å²) in [7, 11) is 0. The molecule has 2 rings (SSSR count). The molecule has 0 amide bonds. The van der Waals surface area contributed by atoms with Crippen LogP contribution < -0.4 is 0 Å². The SMILES string of the molecule is CCOC(=O)CCc1csc(Cc2ccccc2Br)n1. The Morgan fingerprint density at radius 1 is 1.40 bits per heavy atom. The molecule has 0 aliphatic heterocycles. The van der Waals surface area contributed by atoms with Gasteiger partial charge in [-0.3, -0.25) is 4.79 Å². The number of ether oxygens (including phenoxy) is 1. The summed E-state index contributed by atoms with van der Waals surface area (Å²) in [6, 6.07) is 8.14. The van der Waals surface area contributed by atoms with Crippen LogP contribution in [-0.4, -0.2) is 17.6 Å². The van der Waals surface area contributed by atoms with E-state index in [-0.39, 0.29) is 5.97 Å². The first-order valence-electron chi connectivity index (χ1n) is 6.51. The van der Waals surface area contributed by atoms with E-state index < -0.39 is 0 Å². The molecule has 0 unspecified atom stereocenters. The van der Waals surface area contributed by atoms with Crippen LogP contribution in [0.1, 0.15) is 29.6 Å². The first-order chi connectivity index (χ1) is 9.69. The first kappa shape index (κ1) is 15.2. The number of esters is 1. The lowest BCUT2D eigenvalue weighted by Crippen LogP contribution is -2.05. The molecular formula is C15H16BrNO2S. The molecule has 0 saturated heterocycles. The molecule has 20 heavy (non-hydrogen) atoms. The Balaban J connectivity index is 1.92. The van der Waals surface area contributed by atoms with Gasteiger partial charge in [-0.05, 0) is 18.6 Å². The third-order valence-electron chi connectivity index (χ3n) is 2.79. The number of aromatic nitrogens is 1. The number of carbonyl (C=O) groups excluding carboxylic acids is 1. The van der Waals surface area contributed by atoms with Crippen molar-refractivity contribution in [2.24, 2.45) is 0 Å². The second-order valence-corrected chi connectivity index (χ2v) is 6.10. The number of carbonyl (C=O) groups is 1. The van der Waals surface area contributed by atoms with Gasteiger partial charge in [-0.15, -0.1) is 11.3 Å². The lowest BCUT2D eigenvalue weighted by atomic mass is 10.2. The topological polar surface area (TPSA) is 39.2 Å². The summed E-state index contributed by atoms with van der Waals surface area (Å²) in [6.45, 7) is 2.25. The van der Waals surface area contributed by atoms with Gasteiger partial charge >= 0.3 is 5.97 Å². The van der Waals surface area contributed by atoms with Crippen molar-refractivity contribution in [3.05, 3.63) is 50.4 Å². The minimum atomic E-state index is -0.159. The van der Waals surface area contributed by atoms with Crippen LogP contribution in [0.4, 0.5) is 0 Å². The molecule has 2 aromatic rings. The Hall–Kier alpha value is -1.20. The van der Waals surface area contributed by atoms with E-state index in [9.17, 15) is 4.79 Å². The van der Waals surface area contributed by atoms with Crippen molar-refractivity contribution >= 4 is 33.2 Å². The van der Waals surface area contributed by atoms with Gasteiger partial charge in [-0.1, -0.05) is 34.1 Å². The highest BCUT2D eigenvalue weighted by Crippen LogP contribution is 2.21. The van der Waals surface area contributed by atoms with Crippen molar-refractivity contribution in [3.63, 3.8) is 0 Å². The third-order valence-corrected chi connectivity index (χ3v) is 4.46. The molecule has 0 saturated carbocycles. The van der Waals surface area contributed by atoms with Gasteiger partial charge in [0, 0.05) is 22.7 Å².